The van der Waals surface area contributed by atoms with Crippen molar-refractivity contribution in [3.63, 3.8) is 0 Å². The zero-order chi connectivity index (χ0) is 24.1. The number of rotatable bonds is 8. The highest BCUT2D eigenvalue weighted by Gasteiger charge is 2.27. The van der Waals surface area contributed by atoms with Crippen molar-refractivity contribution in [2.24, 2.45) is 0 Å². The fraction of sp³-hybridized carbons (Fsp3) is 0.261. The van der Waals surface area contributed by atoms with Crippen molar-refractivity contribution in [1.29, 1.82) is 0 Å². The van der Waals surface area contributed by atoms with Crippen LogP contribution in [0.1, 0.15) is 23.2 Å². The Balaban J connectivity index is 1.30. The van der Waals surface area contributed by atoms with Gasteiger partial charge in [-0.1, -0.05) is 0 Å². The summed E-state index contributed by atoms with van der Waals surface area (Å²) < 4.78 is 36.8. The summed E-state index contributed by atoms with van der Waals surface area (Å²) in [6.45, 7) is 0.508. The molecule has 178 valence electrons. The summed E-state index contributed by atoms with van der Waals surface area (Å²) >= 11 is 1.25. The van der Waals surface area contributed by atoms with Crippen LogP contribution >= 0.6 is 11.3 Å². The van der Waals surface area contributed by atoms with E-state index in [1.54, 1.807) is 12.5 Å². The second-order valence-electron chi connectivity index (χ2n) is 7.53. The number of nitrogens with zero attached hydrogens (tertiary/aromatic N) is 2. The van der Waals surface area contributed by atoms with Gasteiger partial charge in [0.2, 0.25) is 10.0 Å². The largest absolute Gasteiger partial charge is 0.497 e. The van der Waals surface area contributed by atoms with Gasteiger partial charge in [-0.2, -0.15) is 4.31 Å². The molecule has 1 amide bonds. The van der Waals surface area contributed by atoms with Gasteiger partial charge in [0.15, 0.2) is 11.7 Å². The Morgan fingerprint density at radius 1 is 1.06 bits per heavy atom. The van der Waals surface area contributed by atoms with E-state index in [1.807, 2.05) is 24.3 Å². The van der Waals surface area contributed by atoms with Crippen molar-refractivity contribution >= 4 is 38.4 Å². The van der Waals surface area contributed by atoms with Crippen molar-refractivity contribution in [3.05, 3.63) is 59.5 Å². The first-order valence-corrected chi connectivity index (χ1v) is 12.9. The lowest BCUT2D eigenvalue weighted by atomic mass is 10.2. The lowest BCUT2D eigenvalue weighted by molar-refractivity contribution is -0.119. The number of anilines is 1. The van der Waals surface area contributed by atoms with Crippen molar-refractivity contribution in [2.75, 3.05) is 32.1 Å². The van der Waals surface area contributed by atoms with Gasteiger partial charge in [0.25, 0.3) is 5.91 Å². The molecule has 0 saturated carbocycles. The molecule has 0 radical (unpaired) electrons. The highest BCUT2D eigenvalue weighted by Crippen LogP contribution is 2.26. The molecule has 11 heteroatoms. The maximum Gasteiger partial charge on any atom is 0.338 e. The van der Waals surface area contributed by atoms with Gasteiger partial charge in [-0.05, 0) is 61.4 Å². The van der Waals surface area contributed by atoms with E-state index in [9.17, 15) is 18.0 Å². The van der Waals surface area contributed by atoms with Crippen LogP contribution < -0.4 is 10.1 Å². The fourth-order valence-electron chi connectivity index (χ4n) is 3.44. The van der Waals surface area contributed by atoms with Crippen LogP contribution in [0.25, 0.3) is 11.3 Å². The van der Waals surface area contributed by atoms with Gasteiger partial charge in [-0.25, -0.2) is 18.2 Å². The SMILES string of the molecule is COc1ccc(-c2csc(NC(=O)COC(=O)c3ccc(S(=O)(=O)N4CCCC4)cc3)n2)cc1. The standard InChI is InChI=1S/C23H23N3O6S2/c1-31-18-8-4-16(5-9-18)20-15-33-23(24-20)25-21(27)14-32-22(28)17-6-10-19(11-7-17)34(29,30)26-12-2-3-13-26/h4-11,15H,2-3,12-14H2,1H3,(H,24,25,27). The summed E-state index contributed by atoms with van der Waals surface area (Å²) in [4.78, 5) is 29.0. The van der Waals surface area contributed by atoms with Gasteiger partial charge >= 0.3 is 5.97 Å². The molecule has 2 heterocycles. The minimum atomic E-state index is -3.56. The number of hydrogen-bond donors (Lipinski definition) is 1. The first-order chi connectivity index (χ1) is 16.4. The molecular formula is C23H23N3O6S2. The van der Waals surface area contributed by atoms with Crippen molar-refractivity contribution in [1.82, 2.24) is 9.29 Å². The number of amides is 1. The summed E-state index contributed by atoms with van der Waals surface area (Å²) in [6, 6.07) is 12.9. The molecule has 0 spiro atoms. The minimum absolute atomic E-state index is 0.125. The maximum absolute atomic E-state index is 12.6. The van der Waals surface area contributed by atoms with Crippen LogP contribution in [-0.2, 0) is 19.6 Å². The Labute approximate surface area is 201 Å². The monoisotopic (exact) mass is 501 g/mol. The molecule has 0 bridgehead atoms. The van der Waals surface area contributed by atoms with E-state index in [0.717, 1.165) is 24.2 Å². The second kappa shape index (κ2) is 10.3. The van der Waals surface area contributed by atoms with E-state index in [2.05, 4.69) is 10.3 Å². The predicted molar refractivity (Wildman–Crippen MR) is 127 cm³/mol. The number of aromatic nitrogens is 1. The van der Waals surface area contributed by atoms with Gasteiger partial charge < -0.3 is 9.47 Å². The molecule has 2 aromatic carbocycles. The Morgan fingerprint density at radius 2 is 1.74 bits per heavy atom. The van der Waals surface area contributed by atoms with Crippen LogP contribution in [0.5, 0.6) is 5.75 Å². The number of methoxy groups -OCH3 is 1. The summed E-state index contributed by atoms with van der Waals surface area (Å²) in [5.41, 5.74) is 1.73. The van der Waals surface area contributed by atoms with Crippen LogP contribution in [0.15, 0.2) is 58.8 Å². The predicted octanol–water partition coefficient (Wildman–Crippen LogP) is 3.40. The molecule has 1 fully saturated rings. The molecule has 1 N–H and O–H groups in total. The van der Waals surface area contributed by atoms with Gasteiger partial charge in [0, 0.05) is 24.0 Å². The third-order valence-corrected chi connectivity index (χ3v) is 7.93. The van der Waals surface area contributed by atoms with Crippen molar-refractivity contribution in [2.45, 2.75) is 17.7 Å². The molecule has 0 unspecified atom stereocenters. The lowest BCUT2D eigenvalue weighted by Crippen LogP contribution is -2.27. The molecule has 34 heavy (non-hydrogen) atoms. The smallest absolute Gasteiger partial charge is 0.338 e. The van der Waals surface area contributed by atoms with Crippen LogP contribution in [0.4, 0.5) is 5.13 Å². The van der Waals surface area contributed by atoms with E-state index >= 15 is 0 Å². The average Bonchev–Trinajstić information content (AvgIpc) is 3.56. The topological polar surface area (TPSA) is 115 Å². The molecule has 0 atom stereocenters. The molecular weight excluding hydrogens is 478 g/mol. The Bertz CT molecular complexity index is 1260. The van der Waals surface area contributed by atoms with Gasteiger partial charge in [-0.15, -0.1) is 11.3 Å². The van der Waals surface area contributed by atoms with Gasteiger partial charge in [0.1, 0.15) is 5.75 Å². The summed E-state index contributed by atoms with van der Waals surface area (Å²) in [5, 5.41) is 4.79. The normalized spacial score (nSPS) is 14.0. The molecule has 1 aliphatic rings. The summed E-state index contributed by atoms with van der Waals surface area (Å²) in [5.74, 6) is -0.521. The molecule has 4 rings (SSSR count). The van der Waals surface area contributed by atoms with Gasteiger partial charge in [-0.3, -0.25) is 10.1 Å². The minimum Gasteiger partial charge on any atom is -0.497 e. The number of hydrogen-bond acceptors (Lipinski definition) is 8. The first-order valence-electron chi connectivity index (χ1n) is 10.5. The zero-order valence-electron chi connectivity index (χ0n) is 18.4. The third kappa shape index (κ3) is 5.44. The van der Waals surface area contributed by atoms with Crippen LogP contribution in [0.3, 0.4) is 0 Å². The number of benzene rings is 2. The lowest BCUT2D eigenvalue weighted by Gasteiger charge is -2.15. The van der Waals surface area contributed by atoms with Crippen LogP contribution in [0.2, 0.25) is 0 Å². The fourth-order valence-corrected chi connectivity index (χ4v) is 5.69. The van der Waals surface area contributed by atoms with E-state index in [0.29, 0.717) is 23.9 Å². The Morgan fingerprint density at radius 3 is 2.38 bits per heavy atom. The number of sulfonamides is 1. The second-order valence-corrected chi connectivity index (χ2v) is 10.3. The van der Waals surface area contributed by atoms with E-state index in [1.165, 1.54) is 39.9 Å². The highest BCUT2D eigenvalue weighted by atomic mass is 32.2. The number of carbonyl (C=O) groups excluding carboxylic acids is 2. The molecule has 1 saturated heterocycles. The third-order valence-electron chi connectivity index (χ3n) is 5.26. The Hall–Kier alpha value is -3.28. The van der Waals surface area contributed by atoms with E-state index in [4.69, 9.17) is 9.47 Å². The van der Waals surface area contributed by atoms with Gasteiger partial charge in [0.05, 0.1) is 23.3 Å². The molecule has 0 aliphatic carbocycles. The van der Waals surface area contributed by atoms with E-state index in [-0.39, 0.29) is 10.5 Å². The van der Waals surface area contributed by atoms with Crippen molar-refractivity contribution in [3.8, 4) is 17.0 Å². The molecule has 1 aliphatic heterocycles. The van der Waals surface area contributed by atoms with Crippen LogP contribution in [-0.4, -0.2) is 56.4 Å². The van der Waals surface area contributed by atoms with Crippen LogP contribution in [0, 0.1) is 0 Å². The Kier molecular flexibility index (Phi) is 7.25. The quantitative estimate of drug-likeness (QED) is 0.471. The summed E-state index contributed by atoms with van der Waals surface area (Å²) in [6.07, 6.45) is 1.69. The van der Waals surface area contributed by atoms with Crippen molar-refractivity contribution < 1.29 is 27.5 Å². The number of thiazole rings is 1. The first kappa shape index (κ1) is 23.9. The maximum atomic E-state index is 12.6. The average molecular weight is 502 g/mol. The van der Waals surface area contributed by atoms with E-state index < -0.39 is 28.5 Å². The molecule has 3 aromatic rings. The zero-order valence-corrected chi connectivity index (χ0v) is 20.0. The number of ether oxygens (including phenoxy) is 2. The number of carbonyl (C=O) groups is 2. The molecule has 1 aromatic heterocycles. The highest BCUT2D eigenvalue weighted by molar-refractivity contribution is 7.89. The number of nitrogens with one attached hydrogen (secondary N) is 1. The molecule has 9 nitrogen and oxygen atoms in total. The summed E-state index contributed by atoms with van der Waals surface area (Å²) in [7, 11) is -1.97. The number of esters is 1.